The van der Waals surface area contributed by atoms with E-state index in [4.69, 9.17) is 4.74 Å². The number of rotatable bonds is 3. The fraction of sp³-hybridized carbons (Fsp3) is 0.615. The van der Waals surface area contributed by atoms with Crippen LogP contribution in [-0.4, -0.2) is 36.4 Å². The highest BCUT2D eigenvalue weighted by Gasteiger charge is 2.26. The third-order valence-corrected chi connectivity index (χ3v) is 3.58. The summed E-state index contributed by atoms with van der Waals surface area (Å²) in [6.07, 6.45) is 4.89. The molecule has 0 aromatic carbocycles. The Morgan fingerprint density at radius 2 is 2.41 bits per heavy atom. The van der Waals surface area contributed by atoms with Gasteiger partial charge in [0, 0.05) is 43.8 Å². The van der Waals surface area contributed by atoms with Crippen molar-refractivity contribution in [3.63, 3.8) is 0 Å². The molecule has 2 rings (SSSR count). The van der Waals surface area contributed by atoms with Crippen molar-refractivity contribution in [2.75, 3.05) is 25.1 Å². The largest absolute Gasteiger partial charge is 0.392 e. The third-order valence-electron chi connectivity index (χ3n) is 3.58. The number of aliphatic hydroxyl groups excluding tert-OH is 1. The molecule has 17 heavy (non-hydrogen) atoms. The van der Waals surface area contributed by atoms with E-state index in [2.05, 4.69) is 16.8 Å². The highest BCUT2D eigenvalue weighted by molar-refractivity contribution is 5.52. The van der Waals surface area contributed by atoms with Crippen molar-refractivity contribution in [1.82, 2.24) is 4.98 Å². The summed E-state index contributed by atoms with van der Waals surface area (Å²) in [6, 6.07) is 1.97. The van der Waals surface area contributed by atoms with Crippen LogP contribution < -0.4 is 4.90 Å². The SMILES string of the molecule is COC1CN(c2ccncc2CO)CCC1C. The maximum absolute atomic E-state index is 9.33. The van der Waals surface area contributed by atoms with Crippen LogP contribution in [0.5, 0.6) is 0 Å². The molecule has 94 valence electrons. The van der Waals surface area contributed by atoms with Crippen LogP contribution in [0.1, 0.15) is 18.9 Å². The fourth-order valence-electron chi connectivity index (χ4n) is 2.41. The van der Waals surface area contributed by atoms with Crippen molar-refractivity contribution in [1.29, 1.82) is 0 Å². The number of aliphatic hydroxyl groups is 1. The first-order valence-electron chi connectivity index (χ1n) is 6.07. The van der Waals surface area contributed by atoms with E-state index >= 15 is 0 Å². The molecule has 2 heterocycles. The topological polar surface area (TPSA) is 45.6 Å². The van der Waals surface area contributed by atoms with Crippen molar-refractivity contribution < 1.29 is 9.84 Å². The molecular weight excluding hydrogens is 216 g/mol. The number of aromatic nitrogens is 1. The van der Waals surface area contributed by atoms with Crippen LogP contribution in [0.25, 0.3) is 0 Å². The molecular formula is C13H20N2O2. The third kappa shape index (κ3) is 2.58. The lowest BCUT2D eigenvalue weighted by molar-refractivity contribution is 0.0497. The Kier molecular flexibility index (Phi) is 3.97. The molecule has 1 saturated heterocycles. The quantitative estimate of drug-likeness (QED) is 0.862. The number of hydrogen-bond acceptors (Lipinski definition) is 4. The van der Waals surface area contributed by atoms with Gasteiger partial charge in [0.05, 0.1) is 12.7 Å². The molecule has 1 aliphatic rings. The van der Waals surface area contributed by atoms with Gasteiger partial charge < -0.3 is 14.7 Å². The van der Waals surface area contributed by atoms with E-state index in [9.17, 15) is 5.11 Å². The van der Waals surface area contributed by atoms with Crippen LogP contribution in [0, 0.1) is 5.92 Å². The average molecular weight is 236 g/mol. The second kappa shape index (κ2) is 5.47. The monoisotopic (exact) mass is 236 g/mol. The van der Waals surface area contributed by atoms with E-state index in [0.717, 1.165) is 30.8 Å². The number of anilines is 1. The molecule has 1 N–H and O–H groups in total. The van der Waals surface area contributed by atoms with Gasteiger partial charge in [-0.3, -0.25) is 4.98 Å². The highest BCUT2D eigenvalue weighted by Crippen LogP contribution is 2.26. The molecule has 1 aromatic rings. The molecule has 0 spiro atoms. The molecule has 0 saturated carbocycles. The molecule has 2 unspecified atom stereocenters. The molecule has 1 aromatic heterocycles. The summed E-state index contributed by atoms with van der Waals surface area (Å²) >= 11 is 0. The number of nitrogens with zero attached hydrogens (tertiary/aromatic N) is 2. The van der Waals surface area contributed by atoms with Gasteiger partial charge in [0.2, 0.25) is 0 Å². The summed E-state index contributed by atoms with van der Waals surface area (Å²) in [6.45, 7) is 4.16. The van der Waals surface area contributed by atoms with Crippen LogP contribution >= 0.6 is 0 Å². The van der Waals surface area contributed by atoms with E-state index in [1.165, 1.54) is 0 Å². The number of ether oxygens (including phenoxy) is 1. The van der Waals surface area contributed by atoms with Gasteiger partial charge in [0.1, 0.15) is 0 Å². The van der Waals surface area contributed by atoms with Gasteiger partial charge in [0.25, 0.3) is 0 Å². The summed E-state index contributed by atoms with van der Waals surface area (Å²) in [5, 5.41) is 9.33. The van der Waals surface area contributed by atoms with Crippen LogP contribution in [0.4, 0.5) is 5.69 Å². The predicted octanol–water partition coefficient (Wildman–Crippen LogP) is 1.44. The molecule has 2 atom stereocenters. The summed E-state index contributed by atoms with van der Waals surface area (Å²) in [4.78, 5) is 6.33. The zero-order chi connectivity index (χ0) is 12.3. The standard InChI is InChI=1S/C13H20N2O2/c1-10-4-6-15(8-13(10)17-2)12-3-5-14-7-11(12)9-16/h3,5,7,10,13,16H,4,6,8-9H2,1-2H3. The summed E-state index contributed by atoms with van der Waals surface area (Å²) in [5.41, 5.74) is 1.97. The second-order valence-corrected chi connectivity index (χ2v) is 4.65. The van der Waals surface area contributed by atoms with Gasteiger partial charge in [-0.1, -0.05) is 6.92 Å². The van der Waals surface area contributed by atoms with Crippen molar-refractivity contribution in [3.8, 4) is 0 Å². The molecule has 0 radical (unpaired) electrons. The highest BCUT2D eigenvalue weighted by atomic mass is 16.5. The van der Waals surface area contributed by atoms with E-state index in [0.29, 0.717) is 5.92 Å². The van der Waals surface area contributed by atoms with E-state index < -0.39 is 0 Å². The van der Waals surface area contributed by atoms with Gasteiger partial charge >= 0.3 is 0 Å². The van der Waals surface area contributed by atoms with E-state index in [-0.39, 0.29) is 12.7 Å². The fourth-order valence-corrected chi connectivity index (χ4v) is 2.41. The first kappa shape index (κ1) is 12.3. The van der Waals surface area contributed by atoms with Gasteiger partial charge in [-0.15, -0.1) is 0 Å². The van der Waals surface area contributed by atoms with Crippen LogP contribution in [0.15, 0.2) is 18.5 Å². The Labute approximate surface area is 102 Å². The molecule has 4 heteroatoms. The Bertz CT molecular complexity index is 370. The zero-order valence-electron chi connectivity index (χ0n) is 10.5. The summed E-state index contributed by atoms with van der Waals surface area (Å²) in [7, 11) is 1.77. The molecule has 1 fully saturated rings. The first-order chi connectivity index (χ1) is 8.26. The van der Waals surface area contributed by atoms with Crippen molar-refractivity contribution in [3.05, 3.63) is 24.0 Å². The minimum atomic E-state index is 0.0346. The Hall–Kier alpha value is -1.13. The number of pyridine rings is 1. The molecule has 0 amide bonds. The molecule has 0 aliphatic carbocycles. The van der Waals surface area contributed by atoms with Crippen molar-refractivity contribution >= 4 is 5.69 Å². The van der Waals surface area contributed by atoms with Crippen LogP contribution in [-0.2, 0) is 11.3 Å². The van der Waals surface area contributed by atoms with E-state index in [1.807, 2.05) is 6.07 Å². The van der Waals surface area contributed by atoms with Crippen LogP contribution in [0.3, 0.4) is 0 Å². The number of methoxy groups -OCH3 is 1. The normalized spacial score (nSPS) is 25.0. The number of piperidine rings is 1. The Morgan fingerprint density at radius 1 is 1.59 bits per heavy atom. The van der Waals surface area contributed by atoms with Crippen molar-refractivity contribution in [2.45, 2.75) is 26.1 Å². The predicted molar refractivity (Wildman–Crippen MR) is 67.0 cm³/mol. The Balaban J connectivity index is 2.17. The lowest BCUT2D eigenvalue weighted by Crippen LogP contribution is -2.44. The first-order valence-corrected chi connectivity index (χ1v) is 6.07. The maximum Gasteiger partial charge on any atom is 0.0772 e. The summed E-state index contributed by atoms with van der Waals surface area (Å²) in [5.74, 6) is 0.593. The van der Waals surface area contributed by atoms with E-state index in [1.54, 1.807) is 19.5 Å². The van der Waals surface area contributed by atoms with Gasteiger partial charge in [-0.25, -0.2) is 0 Å². The Morgan fingerprint density at radius 3 is 3.12 bits per heavy atom. The second-order valence-electron chi connectivity index (χ2n) is 4.65. The smallest absolute Gasteiger partial charge is 0.0772 e. The minimum Gasteiger partial charge on any atom is -0.392 e. The van der Waals surface area contributed by atoms with Gasteiger partial charge in [0.15, 0.2) is 0 Å². The lowest BCUT2D eigenvalue weighted by Gasteiger charge is -2.38. The average Bonchev–Trinajstić information content (AvgIpc) is 2.39. The maximum atomic E-state index is 9.33. The molecule has 1 aliphatic heterocycles. The summed E-state index contributed by atoms with van der Waals surface area (Å²) < 4.78 is 5.51. The zero-order valence-corrected chi connectivity index (χ0v) is 10.5. The van der Waals surface area contributed by atoms with Crippen LogP contribution in [0.2, 0.25) is 0 Å². The molecule has 0 bridgehead atoms. The van der Waals surface area contributed by atoms with Crippen molar-refractivity contribution in [2.24, 2.45) is 5.92 Å². The minimum absolute atomic E-state index is 0.0346. The molecule has 4 nitrogen and oxygen atoms in total. The van der Waals surface area contributed by atoms with Gasteiger partial charge in [-0.2, -0.15) is 0 Å². The van der Waals surface area contributed by atoms with Gasteiger partial charge in [-0.05, 0) is 18.4 Å². The lowest BCUT2D eigenvalue weighted by atomic mass is 9.95. The number of hydrogen-bond donors (Lipinski definition) is 1.